The van der Waals surface area contributed by atoms with Crippen LogP contribution in [0.25, 0.3) is 0 Å². The zero-order valence-corrected chi connectivity index (χ0v) is 7.84. The number of para-hydroxylation sites is 1. The van der Waals surface area contributed by atoms with Crippen molar-refractivity contribution in [3.8, 4) is 0 Å². The van der Waals surface area contributed by atoms with Gasteiger partial charge in [0.15, 0.2) is 0 Å². The van der Waals surface area contributed by atoms with Gasteiger partial charge in [0, 0.05) is 14.1 Å². The summed E-state index contributed by atoms with van der Waals surface area (Å²) in [4.78, 5) is 12.3. The van der Waals surface area contributed by atoms with E-state index in [1.165, 1.54) is 25.1 Å². The first-order valence-electron chi connectivity index (χ1n) is 3.94. The quantitative estimate of drug-likeness (QED) is 0.739. The number of halogens is 2. The van der Waals surface area contributed by atoms with E-state index in [2.05, 4.69) is 5.32 Å². The number of hydrogen-bond donors (Lipinski definition) is 1. The summed E-state index contributed by atoms with van der Waals surface area (Å²) >= 11 is 0. The van der Waals surface area contributed by atoms with Gasteiger partial charge in [-0.05, 0) is 12.1 Å². The second-order valence-corrected chi connectivity index (χ2v) is 2.92. The van der Waals surface area contributed by atoms with Gasteiger partial charge in [-0.2, -0.15) is 0 Å². The zero-order chi connectivity index (χ0) is 10.7. The number of nitrogens with one attached hydrogen (secondary N) is 1. The summed E-state index contributed by atoms with van der Waals surface area (Å²) < 4.78 is 26.0. The molecule has 0 aromatic heterocycles. The molecule has 5 heteroatoms. The summed E-state index contributed by atoms with van der Waals surface area (Å²) in [6.45, 7) is 0. The highest BCUT2D eigenvalue weighted by Gasteiger charge is 2.12. The van der Waals surface area contributed by atoms with Crippen molar-refractivity contribution in [3.63, 3.8) is 0 Å². The number of amides is 2. The van der Waals surface area contributed by atoms with E-state index in [-0.39, 0.29) is 0 Å². The topological polar surface area (TPSA) is 32.3 Å². The highest BCUT2D eigenvalue weighted by atomic mass is 19.1. The van der Waals surface area contributed by atoms with Crippen molar-refractivity contribution in [3.05, 3.63) is 29.8 Å². The van der Waals surface area contributed by atoms with Crippen LogP contribution in [0.2, 0.25) is 0 Å². The summed E-state index contributed by atoms with van der Waals surface area (Å²) in [7, 11) is 2.96. The highest BCUT2D eigenvalue weighted by Crippen LogP contribution is 2.17. The Kier molecular flexibility index (Phi) is 3.01. The van der Waals surface area contributed by atoms with Crippen LogP contribution in [0.3, 0.4) is 0 Å². The third-order valence-electron chi connectivity index (χ3n) is 1.60. The Morgan fingerprint density at radius 1 is 1.29 bits per heavy atom. The Hall–Kier alpha value is -1.65. The number of nitrogens with zero attached hydrogens (tertiary/aromatic N) is 1. The number of hydrogen-bond acceptors (Lipinski definition) is 1. The van der Waals surface area contributed by atoms with Crippen molar-refractivity contribution in [2.24, 2.45) is 0 Å². The van der Waals surface area contributed by atoms with Crippen LogP contribution in [0.4, 0.5) is 19.3 Å². The second kappa shape index (κ2) is 4.04. The van der Waals surface area contributed by atoms with Crippen molar-refractivity contribution < 1.29 is 13.6 Å². The van der Waals surface area contributed by atoms with E-state index in [0.717, 1.165) is 12.1 Å². The van der Waals surface area contributed by atoms with Gasteiger partial charge in [-0.15, -0.1) is 0 Å². The minimum absolute atomic E-state index is 0.425. The lowest BCUT2D eigenvalue weighted by Crippen LogP contribution is -2.28. The van der Waals surface area contributed by atoms with Crippen molar-refractivity contribution in [1.29, 1.82) is 0 Å². The molecule has 0 bridgehead atoms. The minimum Gasteiger partial charge on any atom is -0.331 e. The number of anilines is 1. The molecule has 76 valence electrons. The Morgan fingerprint density at radius 3 is 2.21 bits per heavy atom. The lowest BCUT2D eigenvalue weighted by atomic mass is 10.3. The second-order valence-electron chi connectivity index (χ2n) is 2.92. The molecule has 14 heavy (non-hydrogen) atoms. The van der Waals surface area contributed by atoms with Crippen LogP contribution in [0.1, 0.15) is 0 Å². The molecule has 0 aliphatic heterocycles. The van der Waals surface area contributed by atoms with Crippen LogP contribution in [0.15, 0.2) is 18.2 Å². The third-order valence-corrected chi connectivity index (χ3v) is 1.60. The van der Waals surface area contributed by atoms with Crippen LogP contribution in [0, 0.1) is 11.6 Å². The van der Waals surface area contributed by atoms with Gasteiger partial charge in [-0.3, -0.25) is 0 Å². The number of rotatable bonds is 1. The normalized spacial score (nSPS) is 9.71. The maximum Gasteiger partial charge on any atom is 0.321 e. The molecule has 0 fully saturated rings. The molecule has 1 aromatic carbocycles. The predicted molar refractivity (Wildman–Crippen MR) is 49.1 cm³/mol. The molecule has 0 radical (unpaired) electrons. The number of urea groups is 1. The third kappa shape index (κ3) is 2.18. The molecule has 1 rings (SSSR count). The van der Waals surface area contributed by atoms with E-state index in [4.69, 9.17) is 0 Å². The smallest absolute Gasteiger partial charge is 0.321 e. The predicted octanol–water partition coefficient (Wildman–Crippen LogP) is 2.06. The fourth-order valence-corrected chi connectivity index (χ4v) is 0.836. The van der Waals surface area contributed by atoms with Gasteiger partial charge in [0.25, 0.3) is 0 Å². The molecule has 3 nitrogen and oxygen atoms in total. The molecule has 1 N–H and O–H groups in total. The maximum atomic E-state index is 13.0. The Balaban J connectivity index is 2.91. The maximum absolute atomic E-state index is 13.0. The van der Waals surface area contributed by atoms with Gasteiger partial charge in [0.05, 0.1) is 0 Å². The first-order chi connectivity index (χ1) is 6.52. The minimum atomic E-state index is -0.791. The first kappa shape index (κ1) is 10.4. The van der Waals surface area contributed by atoms with Gasteiger partial charge < -0.3 is 10.2 Å². The Labute approximate surface area is 80.3 Å². The largest absolute Gasteiger partial charge is 0.331 e. The van der Waals surface area contributed by atoms with Crippen molar-refractivity contribution in [2.45, 2.75) is 0 Å². The van der Waals surface area contributed by atoms with Gasteiger partial charge in [-0.25, -0.2) is 13.6 Å². The molecule has 0 unspecified atom stereocenters. The molecular weight excluding hydrogens is 190 g/mol. The van der Waals surface area contributed by atoms with E-state index in [0.29, 0.717) is 0 Å². The number of benzene rings is 1. The van der Waals surface area contributed by atoms with Crippen molar-refractivity contribution in [1.82, 2.24) is 4.90 Å². The number of carbonyl (C=O) groups is 1. The van der Waals surface area contributed by atoms with Crippen LogP contribution in [0.5, 0.6) is 0 Å². The summed E-state index contributed by atoms with van der Waals surface area (Å²) in [5.74, 6) is -1.58. The van der Waals surface area contributed by atoms with Gasteiger partial charge in [0.2, 0.25) is 0 Å². The van der Waals surface area contributed by atoms with E-state index in [1.807, 2.05) is 0 Å². The SMILES string of the molecule is CN(C)C(=O)Nc1c(F)cccc1F. The van der Waals surface area contributed by atoms with E-state index in [9.17, 15) is 13.6 Å². The van der Waals surface area contributed by atoms with Gasteiger partial charge in [0.1, 0.15) is 17.3 Å². The van der Waals surface area contributed by atoms with Gasteiger partial charge >= 0.3 is 6.03 Å². The molecule has 0 saturated carbocycles. The van der Waals surface area contributed by atoms with Crippen LogP contribution in [-0.4, -0.2) is 25.0 Å². The monoisotopic (exact) mass is 200 g/mol. The van der Waals surface area contributed by atoms with E-state index < -0.39 is 23.4 Å². The summed E-state index contributed by atoms with van der Waals surface area (Å²) in [6.07, 6.45) is 0. The highest BCUT2D eigenvalue weighted by molar-refractivity contribution is 5.89. The van der Waals surface area contributed by atoms with Crippen molar-refractivity contribution >= 4 is 11.7 Å². The summed E-state index contributed by atoms with van der Waals surface area (Å²) in [5.41, 5.74) is -0.425. The van der Waals surface area contributed by atoms with Gasteiger partial charge in [-0.1, -0.05) is 6.07 Å². The summed E-state index contributed by atoms with van der Waals surface area (Å²) in [5, 5.41) is 2.11. The van der Waals surface area contributed by atoms with Crippen LogP contribution >= 0.6 is 0 Å². The Bertz CT molecular complexity index is 332. The summed E-state index contributed by atoms with van der Waals surface area (Å²) in [6, 6.07) is 2.81. The molecule has 1 aromatic rings. The molecule has 0 heterocycles. The molecule has 0 aliphatic carbocycles. The lowest BCUT2D eigenvalue weighted by Gasteiger charge is -2.12. The molecule has 0 saturated heterocycles. The van der Waals surface area contributed by atoms with Crippen LogP contribution in [-0.2, 0) is 0 Å². The number of carbonyl (C=O) groups excluding carboxylic acids is 1. The first-order valence-corrected chi connectivity index (χ1v) is 3.94. The average molecular weight is 200 g/mol. The van der Waals surface area contributed by atoms with E-state index in [1.54, 1.807) is 0 Å². The fraction of sp³-hybridized carbons (Fsp3) is 0.222. The average Bonchev–Trinajstić information content (AvgIpc) is 2.11. The standard InChI is InChI=1S/C9H10F2N2O/c1-13(2)9(14)12-8-6(10)4-3-5-7(8)11/h3-5H,1-2H3,(H,12,14). The van der Waals surface area contributed by atoms with E-state index >= 15 is 0 Å². The van der Waals surface area contributed by atoms with Crippen LogP contribution < -0.4 is 5.32 Å². The molecule has 2 amide bonds. The molecule has 0 spiro atoms. The molecule has 0 atom stereocenters. The Morgan fingerprint density at radius 2 is 1.79 bits per heavy atom. The van der Waals surface area contributed by atoms with Crippen molar-refractivity contribution in [2.75, 3.05) is 19.4 Å². The lowest BCUT2D eigenvalue weighted by molar-refractivity contribution is 0.230. The zero-order valence-electron chi connectivity index (χ0n) is 7.84. The fourth-order valence-electron chi connectivity index (χ4n) is 0.836. The molecule has 0 aliphatic rings. The molecular formula is C9H10F2N2O.